The highest BCUT2D eigenvalue weighted by Crippen LogP contribution is 2.21. The minimum absolute atomic E-state index is 0.264. The molecule has 0 bridgehead atoms. The lowest BCUT2D eigenvalue weighted by Gasteiger charge is -2.05. The molecule has 2 aromatic carbocycles. The van der Waals surface area contributed by atoms with Crippen LogP contribution in [-0.4, -0.2) is 14.7 Å². The Morgan fingerprint density at radius 3 is 2.84 bits per heavy atom. The number of anilines is 1. The smallest absolute Gasteiger partial charge is 0.255 e. The molecule has 0 fully saturated rings. The Hall–Kier alpha value is -2.34. The van der Waals surface area contributed by atoms with Gasteiger partial charge in [0.25, 0.3) is 5.91 Å². The second kappa shape index (κ2) is 4.74. The van der Waals surface area contributed by atoms with Crippen molar-refractivity contribution in [3.63, 3.8) is 0 Å². The monoisotopic (exact) mass is 273 g/mol. The predicted molar refractivity (Wildman–Crippen MR) is 71.8 cm³/mol. The van der Waals surface area contributed by atoms with E-state index in [0.717, 1.165) is 17.2 Å². The normalized spacial score (nSPS) is 10.6. The summed E-state index contributed by atoms with van der Waals surface area (Å²) in [6, 6.07) is 10.9. The Morgan fingerprint density at radius 2 is 2.00 bits per heavy atom. The van der Waals surface area contributed by atoms with E-state index in [0.29, 0.717) is 11.2 Å². The third-order valence-corrected chi connectivity index (χ3v) is 3.16. The maximum absolute atomic E-state index is 13.1. The number of rotatable bonds is 2. The Morgan fingerprint density at radius 1 is 1.16 bits per heavy atom. The molecule has 0 atom stereocenters. The number of halogens is 1. The summed E-state index contributed by atoms with van der Waals surface area (Å²) in [6.45, 7) is 0. The van der Waals surface area contributed by atoms with Crippen molar-refractivity contribution < 1.29 is 9.18 Å². The molecule has 1 amide bonds. The average molecular weight is 273 g/mol. The predicted octanol–water partition coefficient (Wildman–Crippen LogP) is 3.08. The second-order valence-corrected chi connectivity index (χ2v) is 4.43. The van der Waals surface area contributed by atoms with Crippen LogP contribution in [0.1, 0.15) is 10.4 Å². The minimum atomic E-state index is -0.443. The number of carbonyl (C=O) groups excluding carboxylic acids is 1. The minimum Gasteiger partial charge on any atom is -0.320 e. The van der Waals surface area contributed by atoms with Gasteiger partial charge >= 0.3 is 0 Å². The van der Waals surface area contributed by atoms with Crippen LogP contribution in [0.2, 0.25) is 0 Å². The van der Waals surface area contributed by atoms with Gasteiger partial charge in [0.2, 0.25) is 0 Å². The summed E-state index contributed by atoms with van der Waals surface area (Å²) < 4.78 is 21.3. The van der Waals surface area contributed by atoms with Crippen molar-refractivity contribution in [1.29, 1.82) is 0 Å². The number of benzene rings is 2. The first-order valence-corrected chi connectivity index (χ1v) is 6.25. The van der Waals surface area contributed by atoms with Crippen LogP contribution in [0.4, 0.5) is 10.1 Å². The largest absolute Gasteiger partial charge is 0.320 e. The number of nitrogens with one attached hydrogen (secondary N) is 1. The zero-order chi connectivity index (χ0) is 13.2. The molecule has 0 spiro atoms. The van der Waals surface area contributed by atoms with E-state index in [1.54, 1.807) is 18.2 Å². The molecule has 94 valence electrons. The first-order chi connectivity index (χ1) is 9.24. The lowest BCUT2D eigenvalue weighted by molar-refractivity contribution is 0.102. The molecule has 0 unspecified atom stereocenters. The highest BCUT2D eigenvalue weighted by molar-refractivity contribution is 7.00. The third kappa shape index (κ3) is 2.30. The van der Waals surface area contributed by atoms with E-state index >= 15 is 0 Å². The van der Waals surface area contributed by atoms with Crippen molar-refractivity contribution in [3.8, 4) is 0 Å². The van der Waals surface area contributed by atoms with E-state index < -0.39 is 5.82 Å². The van der Waals surface area contributed by atoms with Crippen molar-refractivity contribution in [2.45, 2.75) is 0 Å². The van der Waals surface area contributed by atoms with Crippen molar-refractivity contribution in [2.75, 3.05) is 5.32 Å². The van der Waals surface area contributed by atoms with Crippen molar-refractivity contribution in [1.82, 2.24) is 8.75 Å². The fourth-order valence-corrected chi connectivity index (χ4v) is 2.28. The van der Waals surface area contributed by atoms with Crippen LogP contribution < -0.4 is 5.32 Å². The topological polar surface area (TPSA) is 54.9 Å². The molecule has 3 aromatic rings. The fourth-order valence-electron chi connectivity index (χ4n) is 1.73. The summed E-state index contributed by atoms with van der Waals surface area (Å²) in [7, 11) is 0. The van der Waals surface area contributed by atoms with Crippen LogP contribution in [0.5, 0.6) is 0 Å². The fraction of sp³-hybridized carbons (Fsp3) is 0. The Balaban J connectivity index is 1.93. The standard InChI is InChI=1S/C13H8FN3OS/c14-9-4-1-3-8(7-9)13(18)15-10-5-2-6-11-12(10)17-19-16-11/h1-7H,(H,15,18). The van der Waals surface area contributed by atoms with Gasteiger partial charge in [-0.05, 0) is 30.3 Å². The lowest BCUT2D eigenvalue weighted by atomic mass is 10.2. The van der Waals surface area contributed by atoms with E-state index in [4.69, 9.17) is 0 Å². The molecular weight excluding hydrogens is 265 g/mol. The lowest BCUT2D eigenvalue weighted by Crippen LogP contribution is -2.12. The summed E-state index contributed by atoms with van der Waals surface area (Å²) in [5.41, 5.74) is 2.19. The molecule has 0 aliphatic heterocycles. The molecule has 0 saturated carbocycles. The molecule has 1 heterocycles. The molecular formula is C13H8FN3OS. The SMILES string of the molecule is O=C(Nc1cccc2nsnc12)c1cccc(F)c1. The van der Waals surface area contributed by atoms with Crippen molar-refractivity contribution >= 4 is 34.4 Å². The van der Waals surface area contributed by atoms with Crippen LogP contribution in [0.3, 0.4) is 0 Å². The van der Waals surface area contributed by atoms with Gasteiger partial charge < -0.3 is 5.32 Å². The Bertz CT molecular complexity index is 756. The first-order valence-electron chi connectivity index (χ1n) is 5.52. The maximum Gasteiger partial charge on any atom is 0.255 e. The van der Waals surface area contributed by atoms with Crippen molar-refractivity contribution in [3.05, 3.63) is 53.8 Å². The number of hydrogen-bond acceptors (Lipinski definition) is 4. The van der Waals surface area contributed by atoms with Crippen LogP contribution in [0, 0.1) is 5.82 Å². The molecule has 1 aromatic heterocycles. The molecule has 0 radical (unpaired) electrons. The second-order valence-electron chi connectivity index (χ2n) is 3.90. The van der Waals surface area contributed by atoms with Crippen LogP contribution >= 0.6 is 11.7 Å². The quantitative estimate of drug-likeness (QED) is 0.780. The summed E-state index contributed by atoms with van der Waals surface area (Å²) in [5.74, 6) is -0.818. The molecule has 0 aliphatic rings. The van der Waals surface area contributed by atoms with Crippen LogP contribution in [-0.2, 0) is 0 Å². The summed E-state index contributed by atoms with van der Waals surface area (Å²) in [5, 5.41) is 2.71. The molecule has 0 aliphatic carbocycles. The average Bonchev–Trinajstić information content (AvgIpc) is 2.88. The number of hydrogen-bond donors (Lipinski definition) is 1. The molecule has 1 N–H and O–H groups in total. The third-order valence-electron chi connectivity index (χ3n) is 2.62. The van der Waals surface area contributed by atoms with E-state index in [9.17, 15) is 9.18 Å². The van der Waals surface area contributed by atoms with Gasteiger partial charge in [-0.3, -0.25) is 4.79 Å². The number of aromatic nitrogens is 2. The number of nitrogens with zero attached hydrogens (tertiary/aromatic N) is 2. The Kier molecular flexibility index (Phi) is 2.92. The maximum atomic E-state index is 13.1. The molecule has 4 nitrogen and oxygen atoms in total. The van der Waals surface area contributed by atoms with E-state index in [1.165, 1.54) is 18.2 Å². The van der Waals surface area contributed by atoms with E-state index in [2.05, 4.69) is 14.1 Å². The van der Waals surface area contributed by atoms with Gasteiger partial charge in [-0.15, -0.1) is 0 Å². The summed E-state index contributed by atoms with van der Waals surface area (Å²) >= 11 is 1.08. The molecule has 0 saturated heterocycles. The van der Waals surface area contributed by atoms with Gasteiger partial charge in [0.05, 0.1) is 17.4 Å². The molecule has 3 rings (SSSR count). The molecule has 19 heavy (non-hydrogen) atoms. The molecule has 6 heteroatoms. The van der Waals surface area contributed by atoms with Gasteiger partial charge in [0, 0.05) is 5.56 Å². The van der Waals surface area contributed by atoms with E-state index in [-0.39, 0.29) is 11.5 Å². The highest BCUT2D eigenvalue weighted by atomic mass is 32.1. The highest BCUT2D eigenvalue weighted by Gasteiger charge is 2.10. The summed E-state index contributed by atoms with van der Waals surface area (Å²) in [4.78, 5) is 12.0. The van der Waals surface area contributed by atoms with Crippen LogP contribution in [0.15, 0.2) is 42.5 Å². The zero-order valence-corrected chi connectivity index (χ0v) is 10.4. The van der Waals surface area contributed by atoms with E-state index in [1.807, 2.05) is 6.07 Å². The zero-order valence-electron chi connectivity index (χ0n) is 9.63. The van der Waals surface area contributed by atoms with Gasteiger partial charge in [-0.1, -0.05) is 12.1 Å². The number of amides is 1. The number of fused-ring (bicyclic) bond motifs is 1. The van der Waals surface area contributed by atoms with Gasteiger partial charge in [-0.2, -0.15) is 8.75 Å². The van der Waals surface area contributed by atoms with Crippen molar-refractivity contribution in [2.24, 2.45) is 0 Å². The Labute approximate surface area is 112 Å². The van der Waals surface area contributed by atoms with Gasteiger partial charge in [-0.25, -0.2) is 4.39 Å². The van der Waals surface area contributed by atoms with Crippen LogP contribution in [0.25, 0.3) is 11.0 Å². The van der Waals surface area contributed by atoms with Gasteiger partial charge in [0.15, 0.2) is 0 Å². The number of carbonyl (C=O) groups is 1. The first kappa shape index (κ1) is 11.7. The summed E-state index contributed by atoms with van der Waals surface area (Å²) in [6.07, 6.45) is 0. The van der Waals surface area contributed by atoms with Gasteiger partial charge in [0.1, 0.15) is 16.9 Å².